The quantitative estimate of drug-likeness (QED) is 0.498. The van der Waals surface area contributed by atoms with Crippen LogP contribution in [0.3, 0.4) is 0 Å². The van der Waals surface area contributed by atoms with Gasteiger partial charge < -0.3 is 15.6 Å². The number of ether oxygens (including phenoxy) is 1. The third-order valence-electron chi connectivity index (χ3n) is 2.69. The van der Waals surface area contributed by atoms with Crippen molar-refractivity contribution in [3.8, 4) is 0 Å². The molecule has 0 bridgehead atoms. The number of hydrogen-bond donors (Lipinski definition) is 3. The van der Waals surface area contributed by atoms with Crippen molar-refractivity contribution in [3.63, 3.8) is 0 Å². The van der Waals surface area contributed by atoms with Crippen LogP contribution >= 0.6 is 0 Å². The fraction of sp³-hybridized carbons (Fsp3) is 0.462. The van der Waals surface area contributed by atoms with Gasteiger partial charge in [-0.3, -0.25) is 10.3 Å². The first kappa shape index (κ1) is 15.6. The van der Waals surface area contributed by atoms with Crippen LogP contribution in [0.25, 0.3) is 0 Å². The Kier molecular flexibility index (Phi) is 5.88. The summed E-state index contributed by atoms with van der Waals surface area (Å²) in [7, 11) is 3.29. The molecule has 0 spiro atoms. The summed E-state index contributed by atoms with van der Waals surface area (Å²) < 4.78 is 18.9. The molecule has 1 unspecified atom stereocenters. The Hall–Kier alpha value is -1.50. The van der Waals surface area contributed by atoms with Crippen molar-refractivity contribution in [3.05, 3.63) is 35.1 Å². The zero-order chi connectivity index (χ0) is 14.4. The molecule has 0 aliphatic heterocycles. The fourth-order valence-electron chi connectivity index (χ4n) is 1.87. The van der Waals surface area contributed by atoms with Gasteiger partial charge in [0.2, 0.25) is 0 Å². The largest absolute Gasteiger partial charge is 0.389 e. The van der Waals surface area contributed by atoms with Gasteiger partial charge in [-0.1, -0.05) is 12.1 Å². The number of nitrogens with zero attached hydrogens (tertiary/aromatic N) is 1. The van der Waals surface area contributed by atoms with Crippen LogP contribution in [-0.4, -0.2) is 49.3 Å². The van der Waals surface area contributed by atoms with Gasteiger partial charge in [-0.2, -0.15) is 0 Å². The molecule has 106 valence electrons. The lowest BCUT2D eigenvalue weighted by atomic mass is 10.1. The molecule has 0 amide bonds. The summed E-state index contributed by atoms with van der Waals surface area (Å²) >= 11 is 0. The highest BCUT2D eigenvalue weighted by atomic mass is 19.1. The zero-order valence-corrected chi connectivity index (χ0v) is 11.2. The molecule has 0 saturated heterocycles. The average molecular weight is 269 g/mol. The molecular weight excluding hydrogens is 249 g/mol. The van der Waals surface area contributed by atoms with Gasteiger partial charge in [-0.15, -0.1) is 0 Å². The van der Waals surface area contributed by atoms with E-state index >= 15 is 0 Å². The number of nitrogen functional groups attached to an aromatic ring is 1. The fourth-order valence-corrected chi connectivity index (χ4v) is 1.87. The molecule has 19 heavy (non-hydrogen) atoms. The summed E-state index contributed by atoms with van der Waals surface area (Å²) in [4.78, 5) is 1.78. The number of likely N-dealkylation sites (N-methyl/N-ethyl adjacent to an activating group) is 1. The SMILES string of the molecule is COCC(O)CN(C)Cc1cccc(C(=N)N)c1F. The molecule has 0 heterocycles. The molecule has 4 N–H and O–H groups in total. The minimum absolute atomic E-state index is 0.100. The van der Waals surface area contributed by atoms with Gasteiger partial charge in [0.15, 0.2) is 0 Å². The molecule has 0 aliphatic carbocycles. The molecule has 0 aliphatic rings. The van der Waals surface area contributed by atoms with E-state index in [9.17, 15) is 9.50 Å². The molecule has 0 fully saturated rings. The maximum Gasteiger partial charge on any atom is 0.138 e. The van der Waals surface area contributed by atoms with Gasteiger partial charge in [0, 0.05) is 25.8 Å². The Labute approximate surface area is 112 Å². The summed E-state index contributed by atoms with van der Waals surface area (Å²) in [6, 6.07) is 4.77. The van der Waals surface area contributed by atoms with E-state index in [1.165, 1.54) is 13.2 Å². The molecule has 1 aromatic rings. The van der Waals surface area contributed by atoms with Crippen LogP contribution < -0.4 is 5.73 Å². The van der Waals surface area contributed by atoms with E-state index < -0.39 is 11.9 Å². The molecule has 6 heteroatoms. The lowest BCUT2D eigenvalue weighted by Gasteiger charge is -2.20. The van der Waals surface area contributed by atoms with Crippen molar-refractivity contribution in [1.29, 1.82) is 5.41 Å². The molecule has 0 saturated carbocycles. The van der Waals surface area contributed by atoms with E-state index in [1.54, 1.807) is 24.1 Å². The Bertz CT molecular complexity index is 440. The zero-order valence-electron chi connectivity index (χ0n) is 11.2. The Morgan fingerprint density at radius 3 is 2.84 bits per heavy atom. The van der Waals surface area contributed by atoms with Crippen LogP contribution in [-0.2, 0) is 11.3 Å². The highest BCUT2D eigenvalue weighted by molar-refractivity contribution is 5.95. The second kappa shape index (κ2) is 7.18. The monoisotopic (exact) mass is 269 g/mol. The lowest BCUT2D eigenvalue weighted by molar-refractivity contribution is 0.0417. The van der Waals surface area contributed by atoms with Crippen LogP contribution in [0.2, 0.25) is 0 Å². The first-order chi connectivity index (χ1) is 8.95. The van der Waals surface area contributed by atoms with E-state index in [4.69, 9.17) is 15.9 Å². The van der Waals surface area contributed by atoms with Gasteiger partial charge in [-0.05, 0) is 13.1 Å². The number of rotatable bonds is 7. The molecule has 1 aromatic carbocycles. The van der Waals surface area contributed by atoms with Crippen LogP contribution in [0, 0.1) is 11.2 Å². The molecule has 0 radical (unpaired) electrons. The minimum Gasteiger partial charge on any atom is -0.389 e. The summed E-state index contributed by atoms with van der Waals surface area (Å²) in [6.07, 6.45) is -0.617. The van der Waals surface area contributed by atoms with E-state index in [0.717, 1.165) is 0 Å². The summed E-state index contributed by atoms with van der Waals surface area (Å²) in [6.45, 7) is 0.936. The summed E-state index contributed by atoms with van der Waals surface area (Å²) in [5.74, 6) is -0.774. The van der Waals surface area contributed by atoms with Gasteiger partial charge in [0.05, 0.1) is 18.3 Å². The molecule has 1 rings (SSSR count). The van der Waals surface area contributed by atoms with Crippen LogP contribution in [0.15, 0.2) is 18.2 Å². The van der Waals surface area contributed by atoms with Crippen molar-refractivity contribution in [1.82, 2.24) is 4.90 Å². The summed E-state index contributed by atoms with van der Waals surface area (Å²) in [5.41, 5.74) is 5.85. The second-order valence-corrected chi connectivity index (χ2v) is 4.50. The maximum atomic E-state index is 14.0. The number of methoxy groups -OCH3 is 1. The maximum absolute atomic E-state index is 14.0. The molecule has 5 nitrogen and oxygen atoms in total. The first-order valence-electron chi connectivity index (χ1n) is 5.93. The predicted molar refractivity (Wildman–Crippen MR) is 71.6 cm³/mol. The van der Waals surface area contributed by atoms with E-state index in [1.807, 2.05) is 0 Å². The van der Waals surface area contributed by atoms with Crippen molar-refractivity contribution in [2.24, 2.45) is 5.73 Å². The van der Waals surface area contributed by atoms with E-state index in [-0.39, 0.29) is 18.0 Å². The number of amidine groups is 1. The number of hydrogen-bond acceptors (Lipinski definition) is 4. The Balaban J connectivity index is 2.71. The van der Waals surface area contributed by atoms with Crippen molar-refractivity contribution in [2.45, 2.75) is 12.6 Å². The first-order valence-corrected chi connectivity index (χ1v) is 5.93. The minimum atomic E-state index is -0.617. The number of benzene rings is 1. The highest BCUT2D eigenvalue weighted by Crippen LogP contribution is 2.14. The van der Waals surface area contributed by atoms with Gasteiger partial charge in [-0.25, -0.2) is 4.39 Å². The van der Waals surface area contributed by atoms with Crippen molar-refractivity contribution < 1.29 is 14.2 Å². The number of halogens is 1. The van der Waals surface area contributed by atoms with Gasteiger partial charge in [0.1, 0.15) is 11.7 Å². The van der Waals surface area contributed by atoms with Crippen LogP contribution in [0.4, 0.5) is 4.39 Å². The predicted octanol–water partition coefficient (Wildman–Crippen LogP) is 0.549. The normalized spacial score (nSPS) is 12.7. The van der Waals surface area contributed by atoms with Gasteiger partial charge in [0.25, 0.3) is 0 Å². The number of nitrogens with one attached hydrogen (secondary N) is 1. The molecular formula is C13H20FN3O2. The lowest BCUT2D eigenvalue weighted by Crippen LogP contribution is -2.32. The van der Waals surface area contributed by atoms with E-state index in [2.05, 4.69) is 0 Å². The summed E-state index contributed by atoms with van der Waals surface area (Å²) in [5, 5.41) is 16.9. The number of aliphatic hydroxyl groups is 1. The second-order valence-electron chi connectivity index (χ2n) is 4.50. The van der Waals surface area contributed by atoms with E-state index in [0.29, 0.717) is 18.7 Å². The average Bonchev–Trinajstić information content (AvgIpc) is 2.31. The molecule has 0 aromatic heterocycles. The Morgan fingerprint density at radius 1 is 1.58 bits per heavy atom. The van der Waals surface area contributed by atoms with Gasteiger partial charge >= 0.3 is 0 Å². The third-order valence-corrected chi connectivity index (χ3v) is 2.69. The van der Waals surface area contributed by atoms with Crippen LogP contribution in [0.1, 0.15) is 11.1 Å². The third kappa shape index (κ3) is 4.59. The van der Waals surface area contributed by atoms with Crippen LogP contribution in [0.5, 0.6) is 0 Å². The standard InChI is InChI=1S/C13H20FN3O2/c1-17(7-10(18)8-19-2)6-9-4-3-5-11(12(9)14)13(15)16/h3-5,10,18H,6-8H2,1-2H3,(H3,15,16). The topological polar surface area (TPSA) is 82.6 Å². The Morgan fingerprint density at radius 2 is 2.26 bits per heavy atom. The highest BCUT2D eigenvalue weighted by Gasteiger charge is 2.13. The van der Waals surface area contributed by atoms with Crippen molar-refractivity contribution in [2.75, 3.05) is 27.3 Å². The smallest absolute Gasteiger partial charge is 0.138 e. The van der Waals surface area contributed by atoms with Crippen molar-refractivity contribution >= 4 is 5.84 Å². The molecule has 1 atom stereocenters. The number of aliphatic hydroxyl groups excluding tert-OH is 1. The number of nitrogens with two attached hydrogens (primary N) is 1.